The normalized spacial score (nSPS) is 12.2. The molecule has 0 aliphatic carbocycles. The molecule has 0 unspecified atom stereocenters. The van der Waals surface area contributed by atoms with Gasteiger partial charge in [-0.05, 0) is 37.1 Å². The quantitative estimate of drug-likeness (QED) is 0.562. The molecule has 7 nitrogen and oxygen atoms in total. The van der Waals surface area contributed by atoms with Gasteiger partial charge in [0.05, 0.1) is 11.9 Å². The minimum absolute atomic E-state index is 0.0197. The molecule has 2 aromatic rings. The highest BCUT2D eigenvalue weighted by Gasteiger charge is 2.31. The van der Waals surface area contributed by atoms with E-state index >= 15 is 0 Å². The number of para-hydroxylation sites is 1. The molecule has 0 fully saturated rings. The van der Waals surface area contributed by atoms with Crippen LogP contribution in [-0.2, 0) is 26.2 Å². The fourth-order valence-electron chi connectivity index (χ4n) is 3.04. The Morgan fingerprint density at radius 1 is 1.12 bits per heavy atom. The van der Waals surface area contributed by atoms with Gasteiger partial charge in [0, 0.05) is 18.1 Å². The number of nitrogens with zero attached hydrogens (tertiary/aromatic N) is 2. The third kappa shape index (κ3) is 6.67. The standard InChI is InChI=1S/C22H27ClFN3O4S/c1-4-13-25-22(29)16(2)26(14-17-9-5-6-10-18(17)23)21(28)15-27(32(3,30)31)20-12-8-7-11-19(20)24/h5-12,16H,4,13-15H2,1-3H3,(H,25,29)/t16-/m1/s1. The third-order valence-corrected chi connectivity index (χ3v) is 6.31. The first-order chi connectivity index (χ1) is 15.1. The minimum atomic E-state index is -3.99. The van der Waals surface area contributed by atoms with Gasteiger partial charge < -0.3 is 10.2 Å². The Kier molecular flexibility index (Phi) is 9.03. The van der Waals surface area contributed by atoms with Crippen molar-refractivity contribution in [3.05, 3.63) is 64.9 Å². The summed E-state index contributed by atoms with van der Waals surface area (Å²) in [6, 6.07) is 11.2. The monoisotopic (exact) mass is 483 g/mol. The van der Waals surface area contributed by atoms with E-state index in [2.05, 4.69) is 5.32 Å². The summed E-state index contributed by atoms with van der Waals surface area (Å²) in [6.07, 6.45) is 1.61. The van der Waals surface area contributed by atoms with Crippen molar-refractivity contribution in [3.8, 4) is 0 Å². The van der Waals surface area contributed by atoms with Crippen LogP contribution in [0, 0.1) is 5.82 Å². The number of benzene rings is 2. The lowest BCUT2D eigenvalue weighted by molar-refractivity contribution is -0.139. The zero-order chi connectivity index (χ0) is 23.9. The van der Waals surface area contributed by atoms with Crippen molar-refractivity contribution in [2.75, 3.05) is 23.7 Å². The van der Waals surface area contributed by atoms with E-state index in [0.29, 0.717) is 27.9 Å². The molecule has 0 saturated heterocycles. The predicted molar refractivity (Wildman–Crippen MR) is 123 cm³/mol. The van der Waals surface area contributed by atoms with Crippen molar-refractivity contribution in [1.29, 1.82) is 0 Å². The van der Waals surface area contributed by atoms with E-state index < -0.39 is 34.3 Å². The Hall–Kier alpha value is -2.65. The van der Waals surface area contributed by atoms with E-state index in [4.69, 9.17) is 11.6 Å². The summed E-state index contributed by atoms with van der Waals surface area (Å²) in [5.74, 6) is -1.83. The predicted octanol–water partition coefficient (Wildman–Crippen LogP) is 3.19. The number of amides is 2. The fraction of sp³-hybridized carbons (Fsp3) is 0.364. The number of hydrogen-bond acceptors (Lipinski definition) is 4. The maximum atomic E-state index is 14.3. The molecule has 1 atom stereocenters. The van der Waals surface area contributed by atoms with Gasteiger partial charge in [-0.2, -0.15) is 0 Å². The minimum Gasteiger partial charge on any atom is -0.354 e. The van der Waals surface area contributed by atoms with Gasteiger partial charge in [-0.25, -0.2) is 12.8 Å². The van der Waals surface area contributed by atoms with Gasteiger partial charge in [-0.1, -0.05) is 48.9 Å². The van der Waals surface area contributed by atoms with Crippen molar-refractivity contribution < 1.29 is 22.4 Å². The fourth-order valence-corrected chi connectivity index (χ4v) is 4.08. The summed E-state index contributed by atoms with van der Waals surface area (Å²) >= 11 is 6.24. The van der Waals surface area contributed by atoms with Gasteiger partial charge in [0.25, 0.3) is 0 Å². The first-order valence-electron chi connectivity index (χ1n) is 10.1. The van der Waals surface area contributed by atoms with E-state index in [0.717, 1.165) is 12.3 Å². The van der Waals surface area contributed by atoms with Crippen LogP contribution >= 0.6 is 11.6 Å². The SMILES string of the molecule is CCCNC(=O)[C@@H](C)N(Cc1ccccc1Cl)C(=O)CN(c1ccccc1F)S(C)(=O)=O. The Bertz CT molecular complexity index is 1060. The molecule has 2 aromatic carbocycles. The molecule has 1 N–H and O–H groups in total. The van der Waals surface area contributed by atoms with E-state index in [-0.39, 0.29) is 18.1 Å². The Balaban J connectivity index is 2.40. The second kappa shape index (κ2) is 11.3. The van der Waals surface area contributed by atoms with Gasteiger partial charge in [-0.3, -0.25) is 13.9 Å². The zero-order valence-corrected chi connectivity index (χ0v) is 19.8. The summed E-state index contributed by atoms with van der Waals surface area (Å²) in [6.45, 7) is 3.19. The second-order valence-electron chi connectivity index (χ2n) is 7.30. The topological polar surface area (TPSA) is 86.8 Å². The summed E-state index contributed by atoms with van der Waals surface area (Å²) in [4.78, 5) is 27.1. The molecule has 0 radical (unpaired) electrons. The van der Waals surface area contributed by atoms with Crippen molar-refractivity contribution in [1.82, 2.24) is 10.2 Å². The Labute approximate surface area is 193 Å². The maximum Gasteiger partial charge on any atom is 0.244 e. The van der Waals surface area contributed by atoms with Crippen LogP contribution in [0.1, 0.15) is 25.8 Å². The van der Waals surface area contributed by atoms with E-state index in [1.807, 2.05) is 6.92 Å². The molecule has 32 heavy (non-hydrogen) atoms. The molecule has 0 saturated carbocycles. The smallest absolute Gasteiger partial charge is 0.244 e. The van der Waals surface area contributed by atoms with E-state index in [9.17, 15) is 22.4 Å². The molecule has 174 valence electrons. The molecule has 0 heterocycles. The molecule has 2 amide bonds. The van der Waals surface area contributed by atoms with Crippen LogP contribution in [0.5, 0.6) is 0 Å². The zero-order valence-electron chi connectivity index (χ0n) is 18.2. The largest absolute Gasteiger partial charge is 0.354 e. The average molecular weight is 484 g/mol. The van der Waals surface area contributed by atoms with Crippen molar-refractivity contribution in [3.63, 3.8) is 0 Å². The third-order valence-electron chi connectivity index (χ3n) is 4.82. The number of sulfonamides is 1. The molecule has 0 bridgehead atoms. The van der Waals surface area contributed by atoms with Gasteiger partial charge in [0.2, 0.25) is 21.8 Å². The highest BCUT2D eigenvalue weighted by molar-refractivity contribution is 7.92. The van der Waals surface area contributed by atoms with Crippen molar-refractivity contribution >= 4 is 39.1 Å². The molecular weight excluding hydrogens is 457 g/mol. The van der Waals surface area contributed by atoms with E-state index in [1.165, 1.54) is 23.1 Å². The number of halogens is 2. The highest BCUT2D eigenvalue weighted by Crippen LogP contribution is 2.23. The van der Waals surface area contributed by atoms with Crippen LogP contribution in [-0.4, -0.2) is 50.5 Å². The number of anilines is 1. The number of carbonyl (C=O) groups excluding carboxylic acids is 2. The molecule has 0 aliphatic rings. The highest BCUT2D eigenvalue weighted by atomic mass is 35.5. The molecular formula is C22H27ClFN3O4S. The summed E-state index contributed by atoms with van der Waals surface area (Å²) in [7, 11) is -3.99. The first kappa shape index (κ1) is 25.6. The second-order valence-corrected chi connectivity index (χ2v) is 9.62. The van der Waals surface area contributed by atoms with Crippen molar-refractivity contribution in [2.45, 2.75) is 32.9 Å². The van der Waals surface area contributed by atoms with Crippen LogP contribution in [0.25, 0.3) is 0 Å². The average Bonchev–Trinajstić information content (AvgIpc) is 2.74. The number of hydrogen-bond donors (Lipinski definition) is 1. The lowest BCUT2D eigenvalue weighted by atomic mass is 10.1. The van der Waals surface area contributed by atoms with Crippen molar-refractivity contribution in [2.24, 2.45) is 0 Å². The molecule has 0 spiro atoms. The van der Waals surface area contributed by atoms with Crippen LogP contribution in [0.4, 0.5) is 10.1 Å². The van der Waals surface area contributed by atoms with Crippen LogP contribution in [0.2, 0.25) is 5.02 Å². The lowest BCUT2D eigenvalue weighted by Gasteiger charge is -2.31. The van der Waals surface area contributed by atoms with Gasteiger partial charge in [-0.15, -0.1) is 0 Å². The number of rotatable bonds is 10. The van der Waals surface area contributed by atoms with Crippen LogP contribution < -0.4 is 9.62 Å². The Morgan fingerprint density at radius 2 is 1.75 bits per heavy atom. The summed E-state index contributed by atoms with van der Waals surface area (Å²) in [5, 5.41) is 3.14. The summed E-state index contributed by atoms with van der Waals surface area (Å²) in [5.41, 5.74) is 0.346. The number of nitrogens with one attached hydrogen (secondary N) is 1. The van der Waals surface area contributed by atoms with Gasteiger partial charge in [0.15, 0.2) is 0 Å². The van der Waals surface area contributed by atoms with Gasteiger partial charge >= 0.3 is 0 Å². The molecule has 0 aliphatic heterocycles. The van der Waals surface area contributed by atoms with Gasteiger partial charge in [0.1, 0.15) is 18.4 Å². The van der Waals surface area contributed by atoms with Crippen LogP contribution in [0.3, 0.4) is 0 Å². The molecule has 0 aromatic heterocycles. The summed E-state index contributed by atoms with van der Waals surface area (Å²) < 4.78 is 39.8. The van der Waals surface area contributed by atoms with E-state index in [1.54, 1.807) is 31.2 Å². The van der Waals surface area contributed by atoms with Crippen LogP contribution in [0.15, 0.2) is 48.5 Å². The first-order valence-corrected chi connectivity index (χ1v) is 12.3. The lowest BCUT2D eigenvalue weighted by Crippen LogP contribution is -2.51. The maximum absolute atomic E-state index is 14.3. The molecule has 2 rings (SSSR count). The molecule has 10 heteroatoms. The Morgan fingerprint density at radius 3 is 2.34 bits per heavy atom. The number of carbonyl (C=O) groups is 2.